The monoisotopic (exact) mass is 320 g/mol. The molecule has 0 aromatic heterocycles. The van der Waals surface area contributed by atoms with Gasteiger partial charge < -0.3 is 10.2 Å². The van der Waals surface area contributed by atoms with Crippen molar-refractivity contribution < 1.29 is 0 Å². The maximum atomic E-state index is 6.13. The van der Waals surface area contributed by atoms with Gasteiger partial charge in [-0.05, 0) is 29.8 Å². The SMILES string of the molecule is Clc1ccc(CN(CC2CNC2)c2ccccc2)cc1Cl. The second kappa shape index (κ2) is 6.69. The molecule has 1 aliphatic rings. The van der Waals surface area contributed by atoms with E-state index >= 15 is 0 Å². The summed E-state index contributed by atoms with van der Waals surface area (Å²) in [7, 11) is 0. The Balaban J connectivity index is 1.79. The molecular weight excluding hydrogens is 303 g/mol. The maximum absolute atomic E-state index is 6.13. The minimum absolute atomic E-state index is 0.606. The van der Waals surface area contributed by atoms with E-state index in [1.807, 2.05) is 24.3 Å². The molecule has 1 fully saturated rings. The molecule has 1 saturated heterocycles. The van der Waals surface area contributed by atoms with Crippen LogP contribution >= 0.6 is 23.2 Å². The second-order valence-electron chi connectivity index (χ2n) is 5.49. The van der Waals surface area contributed by atoms with Gasteiger partial charge >= 0.3 is 0 Å². The summed E-state index contributed by atoms with van der Waals surface area (Å²) in [5.74, 6) is 0.716. The average molecular weight is 321 g/mol. The molecule has 0 radical (unpaired) electrons. The van der Waals surface area contributed by atoms with E-state index in [4.69, 9.17) is 23.2 Å². The zero-order chi connectivity index (χ0) is 14.7. The molecule has 21 heavy (non-hydrogen) atoms. The number of hydrogen-bond acceptors (Lipinski definition) is 2. The topological polar surface area (TPSA) is 15.3 Å². The smallest absolute Gasteiger partial charge is 0.0595 e. The van der Waals surface area contributed by atoms with Crippen molar-refractivity contribution in [1.29, 1.82) is 0 Å². The van der Waals surface area contributed by atoms with Gasteiger partial charge in [0.15, 0.2) is 0 Å². The molecule has 0 atom stereocenters. The summed E-state index contributed by atoms with van der Waals surface area (Å²) in [5, 5.41) is 4.56. The highest BCUT2D eigenvalue weighted by atomic mass is 35.5. The molecule has 0 unspecified atom stereocenters. The van der Waals surface area contributed by atoms with E-state index in [2.05, 4.69) is 34.5 Å². The van der Waals surface area contributed by atoms with Crippen molar-refractivity contribution in [3.05, 3.63) is 64.1 Å². The predicted octanol–water partition coefficient (Wildman–Crippen LogP) is 4.22. The Morgan fingerprint density at radius 3 is 2.38 bits per heavy atom. The standard InChI is InChI=1S/C17H18Cl2N2/c18-16-7-6-13(8-17(16)19)11-21(12-14-9-20-10-14)15-4-2-1-3-5-15/h1-8,14,20H,9-12H2. The Bertz CT molecular complexity index is 597. The van der Waals surface area contributed by atoms with Crippen LogP contribution in [0.15, 0.2) is 48.5 Å². The molecule has 0 spiro atoms. The second-order valence-corrected chi connectivity index (χ2v) is 6.30. The van der Waals surface area contributed by atoms with Gasteiger partial charge in [0.25, 0.3) is 0 Å². The van der Waals surface area contributed by atoms with Gasteiger partial charge in [0.05, 0.1) is 10.0 Å². The lowest BCUT2D eigenvalue weighted by Crippen LogP contribution is -2.48. The van der Waals surface area contributed by atoms with Crippen LogP contribution < -0.4 is 10.2 Å². The minimum atomic E-state index is 0.606. The molecule has 1 heterocycles. The van der Waals surface area contributed by atoms with Crippen molar-refractivity contribution in [3.63, 3.8) is 0 Å². The van der Waals surface area contributed by atoms with E-state index < -0.39 is 0 Å². The van der Waals surface area contributed by atoms with Crippen molar-refractivity contribution in [3.8, 4) is 0 Å². The molecule has 2 aromatic carbocycles. The normalized spacial score (nSPS) is 14.8. The Labute approximate surface area is 135 Å². The molecule has 2 nitrogen and oxygen atoms in total. The number of nitrogens with one attached hydrogen (secondary N) is 1. The lowest BCUT2D eigenvalue weighted by atomic mass is 10.0. The summed E-state index contributed by atoms with van der Waals surface area (Å²) >= 11 is 12.1. The summed E-state index contributed by atoms with van der Waals surface area (Å²) in [6.45, 7) is 4.10. The summed E-state index contributed by atoms with van der Waals surface area (Å²) in [4.78, 5) is 2.41. The largest absolute Gasteiger partial charge is 0.367 e. The van der Waals surface area contributed by atoms with Crippen molar-refractivity contribution >= 4 is 28.9 Å². The number of anilines is 1. The van der Waals surface area contributed by atoms with Gasteiger partial charge in [0, 0.05) is 37.8 Å². The van der Waals surface area contributed by atoms with Gasteiger partial charge in [0.1, 0.15) is 0 Å². The molecule has 4 heteroatoms. The molecule has 0 saturated carbocycles. The zero-order valence-corrected chi connectivity index (χ0v) is 13.2. The van der Waals surface area contributed by atoms with Gasteiger partial charge in [-0.1, -0.05) is 47.5 Å². The van der Waals surface area contributed by atoms with E-state index in [-0.39, 0.29) is 0 Å². The minimum Gasteiger partial charge on any atom is -0.367 e. The van der Waals surface area contributed by atoms with Gasteiger partial charge in [0.2, 0.25) is 0 Å². The Hall–Kier alpha value is -1.22. The van der Waals surface area contributed by atoms with E-state index in [1.165, 1.54) is 11.3 Å². The Kier molecular flexibility index (Phi) is 4.69. The molecule has 1 N–H and O–H groups in total. The lowest BCUT2D eigenvalue weighted by molar-refractivity contribution is 0.348. The zero-order valence-electron chi connectivity index (χ0n) is 11.7. The third-order valence-corrected chi connectivity index (χ3v) is 4.56. The van der Waals surface area contributed by atoms with Crippen LogP contribution in [0.4, 0.5) is 5.69 Å². The molecule has 0 bridgehead atoms. The number of hydrogen-bond donors (Lipinski definition) is 1. The van der Waals surface area contributed by atoms with Crippen LogP contribution in [0.2, 0.25) is 10.0 Å². The Morgan fingerprint density at radius 2 is 1.76 bits per heavy atom. The summed E-state index contributed by atoms with van der Waals surface area (Å²) in [6, 6.07) is 16.4. The first-order valence-electron chi connectivity index (χ1n) is 7.17. The number of benzene rings is 2. The van der Waals surface area contributed by atoms with Crippen LogP contribution in [-0.4, -0.2) is 19.6 Å². The van der Waals surface area contributed by atoms with Gasteiger partial charge in [-0.3, -0.25) is 0 Å². The highest BCUT2D eigenvalue weighted by Crippen LogP contribution is 2.25. The van der Waals surface area contributed by atoms with Crippen LogP contribution in [0.5, 0.6) is 0 Å². The summed E-state index contributed by atoms with van der Waals surface area (Å²) < 4.78 is 0. The van der Waals surface area contributed by atoms with E-state index in [0.717, 1.165) is 26.2 Å². The van der Waals surface area contributed by atoms with Crippen molar-refractivity contribution in [2.75, 3.05) is 24.5 Å². The first kappa shape index (κ1) is 14.7. The molecule has 0 amide bonds. The van der Waals surface area contributed by atoms with Gasteiger partial charge in [-0.25, -0.2) is 0 Å². The third-order valence-electron chi connectivity index (χ3n) is 3.82. The number of para-hydroxylation sites is 1. The number of nitrogens with zero attached hydrogens (tertiary/aromatic N) is 1. The van der Waals surface area contributed by atoms with Crippen LogP contribution in [0.25, 0.3) is 0 Å². The maximum Gasteiger partial charge on any atom is 0.0595 e. The first-order chi connectivity index (χ1) is 10.2. The van der Waals surface area contributed by atoms with Crippen LogP contribution in [0.1, 0.15) is 5.56 Å². The average Bonchev–Trinajstić information content (AvgIpc) is 2.46. The highest BCUT2D eigenvalue weighted by molar-refractivity contribution is 6.42. The molecule has 2 aromatic rings. The molecule has 110 valence electrons. The predicted molar refractivity (Wildman–Crippen MR) is 90.3 cm³/mol. The first-order valence-corrected chi connectivity index (χ1v) is 7.92. The van der Waals surface area contributed by atoms with Crippen LogP contribution in [-0.2, 0) is 6.54 Å². The van der Waals surface area contributed by atoms with E-state index in [1.54, 1.807) is 0 Å². The fraction of sp³-hybridized carbons (Fsp3) is 0.294. The van der Waals surface area contributed by atoms with Gasteiger partial charge in [-0.2, -0.15) is 0 Å². The van der Waals surface area contributed by atoms with Crippen molar-refractivity contribution in [2.24, 2.45) is 5.92 Å². The third kappa shape index (κ3) is 3.70. The fourth-order valence-electron chi connectivity index (χ4n) is 2.55. The Morgan fingerprint density at radius 1 is 1.00 bits per heavy atom. The summed E-state index contributed by atoms with van der Waals surface area (Å²) in [6.07, 6.45) is 0. The van der Waals surface area contributed by atoms with Gasteiger partial charge in [-0.15, -0.1) is 0 Å². The van der Waals surface area contributed by atoms with Crippen LogP contribution in [0.3, 0.4) is 0 Å². The van der Waals surface area contributed by atoms with Crippen molar-refractivity contribution in [1.82, 2.24) is 5.32 Å². The molecular formula is C17H18Cl2N2. The number of halogens is 2. The van der Waals surface area contributed by atoms with E-state index in [0.29, 0.717) is 16.0 Å². The highest BCUT2D eigenvalue weighted by Gasteiger charge is 2.20. The summed E-state index contributed by atoms with van der Waals surface area (Å²) in [5.41, 5.74) is 2.43. The molecule has 3 rings (SSSR count). The fourth-order valence-corrected chi connectivity index (χ4v) is 2.87. The number of rotatable bonds is 5. The quantitative estimate of drug-likeness (QED) is 0.887. The van der Waals surface area contributed by atoms with E-state index in [9.17, 15) is 0 Å². The van der Waals surface area contributed by atoms with Crippen LogP contribution in [0, 0.1) is 5.92 Å². The molecule has 0 aliphatic carbocycles. The van der Waals surface area contributed by atoms with Crippen molar-refractivity contribution in [2.45, 2.75) is 6.54 Å². The molecule has 1 aliphatic heterocycles. The lowest BCUT2D eigenvalue weighted by Gasteiger charge is -2.34.